The molecule has 3 aromatic rings. The summed E-state index contributed by atoms with van der Waals surface area (Å²) in [6, 6.07) is 24.2. The molecule has 0 aliphatic rings. The van der Waals surface area contributed by atoms with Gasteiger partial charge in [0.15, 0.2) is 6.61 Å². The van der Waals surface area contributed by atoms with E-state index in [1.807, 2.05) is 80.6 Å². The third kappa shape index (κ3) is 8.51. The highest BCUT2D eigenvalue weighted by atomic mass is 79.9. The number of nitrogens with zero attached hydrogens (tertiary/aromatic N) is 1. The Labute approximate surface area is 224 Å². The van der Waals surface area contributed by atoms with E-state index in [0.29, 0.717) is 18.7 Å². The first-order valence-corrected chi connectivity index (χ1v) is 13.2. The van der Waals surface area contributed by atoms with Crippen LogP contribution in [0.15, 0.2) is 87.8 Å². The maximum absolute atomic E-state index is 13.5. The van der Waals surface area contributed by atoms with Gasteiger partial charge in [-0.25, -0.2) is 0 Å². The number of rotatable bonds is 11. The number of nitrogens with one attached hydrogen (secondary N) is 1. The Morgan fingerprint density at radius 2 is 1.49 bits per heavy atom. The van der Waals surface area contributed by atoms with Gasteiger partial charge < -0.3 is 15.0 Å². The van der Waals surface area contributed by atoms with Crippen LogP contribution in [0.4, 0.5) is 0 Å². The molecule has 5 nitrogen and oxygen atoms in total. The Morgan fingerprint density at radius 3 is 2.09 bits per heavy atom. The smallest absolute Gasteiger partial charge is 0.261 e. The van der Waals surface area contributed by atoms with Crippen molar-refractivity contribution in [1.29, 1.82) is 0 Å². The maximum Gasteiger partial charge on any atom is 0.261 e. The highest BCUT2D eigenvalue weighted by Gasteiger charge is 2.31. The molecule has 0 aliphatic heterocycles. The van der Waals surface area contributed by atoms with Crippen LogP contribution in [0.3, 0.4) is 0 Å². The lowest BCUT2D eigenvalue weighted by atomic mass is 10.0. The molecule has 3 aromatic carbocycles. The Bertz CT molecular complexity index is 1090. The maximum atomic E-state index is 13.5. The quantitative estimate of drug-likeness (QED) is 0.287. The lowest BCUT2D eigenvalue weighted by molar-refractivity contribution is -0.143. The van der Waals surface area contributed by atoms with Gasteiger partial charge in [-0.2, -0.15) is 0 Å². The summed E-state index contributed by atoms with van der Waals surface area (Å²) < 4.78 is 7.67. The summed E-state index contributed by atoms with van der Waals surface area (Å²) in [4.78, 5) is 28.6. The lowest BCUT2D eigenvalue weighted by Crippen LogP contribution is -2.53. The predicted molar refractivity (Wildman–Crippen MR) is 146 cm³/mol. The minimum absolute atomic E-state index is 0.00409. The van der Waals surface area contributed by atoms with E-state index in [1.54, 1.807) is 17.0 Å². The topological polar surface area (TPSA) is 58.6 Å². The SMILES string of the molecule is CC[C@@H](C)NC(=O)[C@H](Cc1ccccc1)N(Cc1ccc(Br)cc1)C(=O)COc1ccc(Br)cc1. The second-order valence-electron chi connectivity index (χ2n) is 8.41. The van der Waals surface area contributed by atoms with E-state index in [9.17, 15) is 9.59 Å². The molecule has 0 aromatic heterocycles. The molecule has 2 atom stereocenters. The van der Waals surface area contributed by atoms with Crippen molar-refractivity contribution < 1.29 is 14.3 Å². The highest BCUT2D eigenvalue weighted by molar-refractivity contribution is 9.10. The molecule has 3 rings (SSSR count). The molecule has 0 spiro atoms. The summed E-state index contributed by atoms with van der Waals surface area (Å²) >= 11 is 6.86. The van der Waals surface area contributed by atoms with Crippen molar-refractivity contribution in [2.24, 2.45) is 0 Å². The first-order chi connectivity index (χ1) is 16.9. The molecule has 35 heavy (non-hydrogen) atoms. The lowest BCUT2D eigenvalue weighted by Gasteiger charge is -2.32. The van der Waals surface area contributed by atoms with Crippen LogP contribution >= 0.6 is 31.9 Å². The highest BCUT2D eigenvalue weighted by Crippen LogP contribution is 2.19. The molecule has 0 saturated heterocycles. The average molecular weight is 602 g/mol. The monoisotopic (exact) mass is 600 g/mol. The number of halogens is 2. The van der Waals surface area contributed by atoms with Crippen molar-refractivity contribution in [2.45, 2.75) is 45.3 Å². The van der Waals surface area contributed by atoms with Crippen molar-refractivity contribution in [3.63, 3.8) is 0 Å². The molecule has 0 fully saturated rings. The molecule has 0 heterocycles. The summed E-state index contributed by atoms with van der Waals surface area (Å²) in [5.41, 5.74) is 1.92. The van der Waals surface area contributed by atoms with E-state index in [4.69, 9.17) is 4.74 Å². The third-order valence-electron chi connectivity index (χ3n) is 5.71. The van der Waals surface area contributed by atoms with Crippen LogP contribution in [0.1, 0.15) is 31.4 Å². The minimum atomic E-state index is -0.684. The standard InChI is InChI=1S/C28H30Br2N2O3/c1-3-20(2)31-28(34)26(17-21-7-5-4-6-8-21)32(18-22-9-11-23(29)12-10-22)27(33)19-35-25-15-13-24(30)14-16-25/h4-16,20,26H,3,17-19H2,1-2H3,(H,31,34)/t20-,26+/m1/s1. The van der Waals surface area contributed by atoms with Crippen LogP contribution in [-0.2, 0) is 22.6 Å². The van der Waals surface area contributed by atoms with Crippen LogP contribution < -0.4 is 10.1 Å². The van der Waals surface area contributed by atoms with Gasteiger partial charge in [0.2, 0.25) is 5.91 Å². The van der Waals surface area contributed by atoms with Gasteiger partial charge in [0, 0.05) is 28.0 Å². The fraction of sp³-hybridized carbons (Fsp3) is 0.286. The summed E-state index contributed by atoms with van der Waals surface area (Å²) in [5, 5.41) is 3.07. The molecule has 1 N–H and O–H groups in total. The zero-order valence-electron chi connectivity index (χ0n) is 19.9. The Kier molecular flexibility index (Phi) is 10.4. The fourth-order valence-corrected chi connectivity index (χ4v) is 4.07. The molecule has 0 saturated carbocycles. The Morgan fingerprint density at radius 1 is 0.886 bits per heavy atom. The minimum Gasteiger partial charge on any atom is -0.484 e. The van der Waals surface area contributed by atoms with Crippen LogP contribution in [0, 0.1) is 0 Å². The number of amides is 2. The molecule has 2 amide bonds. The molecule has 184 valence electrons. The Hall–Kier alpha value is -2.64. The predicted octanol–water partition coefficient (Wildman–Crippen LogP) is 6.15. The number of benzene rings is 3. The second-order valence-corrected chi connectivity index (χ2v) is 10.2. The van der Waals surface area contributed by atoms with E-state index in [2.05, 4.69) is 37.2 Å². The van der Waals surface area contributed by atoms with Gasteiger partial charge in [0.1, 0.15) is 11.8 Å². The van der Waals surface area contributed by atoms with Gasteiger partial charge in [-0.15, -0.1) is 0 Å². The van der Waals surface area contributed by atoms with Crippen LogP contribution in [0.2, 0.25) is 0 Å². The normalized spacial score (nSPS) is 12.5. The second kappa shape index (κ2) is 13.4. The largest absolute Gasteiger partial charge is 0.484 e. The first-order valence-electron chi connectivity index (χ1n) is 11.6. The van der Waals surface area contributed by atoms with Crippen LogP contribution in [0.25, 0.3) is 0 Å². The van der Waals surface area contributed by atoms with Crippen molar-refractivity contribution in [2.75, 3.05) is 6.61 Å². The van der Waals surface area contributed by atoms with E-state index < -0.39 is 6.04 Å². The van der Waals surface area contributed by atoms with Gasteiger partial charge in [0.25, 0.3) is 5.91 Å². The van der Waals surface area contributed by atoms with E-state index >= 15 is 0 Å². The van der Waals surface area contributed by atoms with E-state index in [1.165, 1.54) is 0 Å². The number of hydrogen-bond acceptors (Lipinski definition) is 3. The van der Waals surface area contributed by atoms with Gasteiger partial charge >= 0.3 is 0 Å². The first kappa shape index (κ1) is 27.0. The van der Waals surface area contributed by atoms with E-state index in [-0.39, 0.29) is 24.5 Å². The summed E-state index contributed by atoms with van der Waals surface area (Å²) in [5.74, 6) is 0.169. The number of ether oxygens (including phenoxy) is 1. The third-order valence-corrected chi connectivity index (χ3v) is 6.77. The Balaban J connectivity index is 1.89. The van der Waals surface area contributed by atoms with Crippen molar-refractivity contribution in [3.05, 3.63) is 98.9 Å². The number of carbonyl (C=O) groups excluding carboxylic acids is 2. The van der Waals surface area contributed by atoms with Gasteiger partial charge in [-0.1, -0.05) is 81.2 Å². The number of hydrogen-bond donors (Lipinski definition) is 1. The zero-order chi connectivity index (χ0) is 25.2. The molecule has 0 bridgehead atoms. The summed E-state index contributed by atoms with van der Waals surface area (Å²) in [6.07, 6.45) is 1.21. The molecular formula is C28H30Br2N2O3. The van der Waals surface area contributed by atoms with E-state index in [0.717, 1.165) is 26.5 Å². The van der Waals surface area contributed by atoms with Gasteiger partial charge in [-0.3, -0.25) is 9.59 Å². The summed E-state index contributed by atoms with van der Waals surface area (Å²) in [7, 11) is 0. The molecular weight excluding hydrogens is 572 g/mol. The zero-order valence-corrected chi connectivity index (χ0v) is 23.1. The van der Waals surface area contributed by atoms with Crippen molar-refractivity contribution in [3.8, 4) is 5.75 Å². The van der Waals surface area contributed by atoms with Gasteiger partial charge in [-0.05, 0) is 60.9 Å². The van der Waals surface area contributed by atoms with Crippen LogP contribution in [-0.4, -0.2) is 35.4 Å². The number of carbonyl (C=O) groups is 2. The molecule has 0 unspecified atom stereocenters. The summed E-state index contributed by atoms with van der Waals surface area (Å²) in [6.45, 7) is 4.12. The van der Waals surface area contributed by atoms with Crippen molar-refractivity contribution >= 4 is 43.7 Å². The molecule has 7 heteroatoms. The van der Waals surface area contributed by atoms with Crippen molar-refractivity contribution in [1.82, 2.24) is 10.2 Å². The van der Waals surface area contributed by atoms with Crippen LogP contribution in [0.5, 0.6) is 5.75 Å². The molecule has 0 radical (unpaired) electrons. The average Bonchev–Trinajstić information content (AvgIpc) is 2.87. The van der Waals surface area contributed by atoms with Gasteiger partial charge in [0.05, 0.1) is 0 Å². The fourth-order valence-electron chi connectivity index (χ4n) is 3.54. The molecule has 0 aliphatic carbocycles.